The van der Waals surface area contributed by atoms with Crippen LogP contribution in [0.4, 0.5) is 0 Å². The van der Waals surface area contributed by atoms with Crippen LogP contribution in [-0.4, -0.2) is 40.5 Å². The fourth-order valence-electron chi connectivity index (χ4n) is 3.48. The van der Waals surface area contributed by atoms with Crippen molar-refractivity contribution < 1.29 is 13.2 Å². The fraction of sp³-hybridized carbons (Fsp3) is 0.316. The second kappa shape index (κ2) is 8.35. The minimum absolute atomic E-state index is 0.142. The molecule has 4 rings (SSSR count). The highest BCUT2D eigenvalue weighted by Crippen LogP contribution is 2.28. The first-order valence-corrected chi connectivity index (χ1v) is 11.7. The molecular weight excluding hydrogens is 432 g/mol. The van der Waals surface area contributed by atoms with E-state index in [0.29, 0.717) is 42.0 Å². The molecule has 2 heterocycles. The van der Waals surface area contributed by atoms with Crippen molar-refractivity contribution in [2.24, 2.45) is 5.92 Å². The van der Waals surface area contributed by atoms with Gasteiger partial charge in [0.15, 0.2) is 0 Å². The zero-order valence-corrected chi connectivity index (χ0v) is 17.8. The Morgan fingerprint density at radius 3 is 2.90 bits per heavy atom. The van der Waals surface area contributed by atoms with Crippen LogP contribution in [0.25, 0.3) is 11.0 Å². The zero-order chi connectivity index (χ0) is 20.4. The lowest BCUT2D eigenvalue weighted by molar-refractivity contribution is -0.126. The predicted molar refractivity (Wildman–Crippen MR) is 112 cm³/mol. The van der Waals surface area contributed by atoms with E-state index < -0.39 is 15.9 Å². The molecule has 0 saturated carbocycles. The first-order valence-electron chi connectivity index (χ1n) is 9.19. The van der Waals surface area contributed by atoms with E-state index in [1.54, 1.807) is 30.3 Å². The van der Waals surface area contributed by atoms with E-state index in [9.17, 15) is 13.2 Å². The number of amides is 1. The van der Waals surface area contributed by atoms with Crippen molar-refractivity contribution in [3.05, 3.63) is 53.1 Å². The van der Waals surface area contributed by atoms with Crippen LogP contribution in [-0.2, 0) is 21.4 Å². The van der Waals surface area contributed by atoms with E-state index >= 15 is 0 Å². The topological polar surface area (TPSA) is 92.3 Å². The monoisotopic (exact) mass is 450 g/mol. The number of halogens is 1. The smallest absolute Gasteiger partial charge is 0.245 e. The van der Waals surface area contributed by atoms with Gasteiger partial charge in [0.25, 0.3) is 0 Å². The highest BCUT2D eigenvalue weighted by Gasteiger charge is 2.34. The maximum absolute atomic E-state index is 13.2. The van der Waals surface area contributed by atoms with E-state index in [-0.39, 0.29) is 17.3 Å². The minimum Gasteiger partial charge on any atom is -0.352 e. The van der Waals surface area contributed by atoms with E-state index in [2.05, 4.69) is 14.1 Å². The number of hydrogen-bond acceptors (Lipinski definition) is 6. The van der Waals surface area contributed by atoms with Crippen LogP contribution in [0.5, 0.6) is 0 Å². The largest absolute Gasteiger partial charge is 0.352 e. The van der Waals surface area contributed by atoms with E-state index in [1.165, 1.54) is 4.31 Å². The van der Waals surface area contributed by atoms with Crippen LogP contribution < -0.4 is 5.32 Å². The Kier molecular flexibility index (Phi) is 5.82. The molecule has 2 aromatic carbocycles. The van der Waals surface area contributed by atoms with Gasteiger partial charge in [0.1, 0.15) is 15.9 Å². The molecule has 3 aromatic rings. The Labute approximate surface area is 178 Å². The fourth-order valence-corrected chi connectivity index (χ4v) is 5.97. The lowest BCUT2D eigenvalue weighted by Gasteiger charge is -2.31. The number of hydrogen-bond donors (Lipinski definition) is 1. The number of benzene rings is 2. The van der Waals surface area contributed by atoms with Crippen LogP contribution in [0.3, 0.4) is 0 Å². The summed E-state index contributed by atoms with van der Waals surface area (Å²) in [5, 5.41) is 3.50. The lowest BCUT2D eigenvalue weighted by atomic mass is 9.99. The number of nitrogens with one attached hydrogen (secondary N) is 1. The first-order chi connectivity index (χ1) is 13.9. The molecule has 0 spiro atoms. The molecule has 1 saturated heterocycles. The summed E-state index contributed by atoms with van der Waals surface area (Å²) in [5.74, 6) is -0.552. The summed E-state index contributed by atoms with van der Waals surface area (Å²) in [6.07, 6.45) is 1.27. The maximum atomic E-state index is 13.2. The third-order valence-electron chi connectivity index (χ3n) is 4.98. The second-order valence-corrected chi connectivity index (χ2v) is 9.81. The number of sulfonamides is 1. The van der Waals surface area contributed by atoms with Crippen LogP contribution >= 0.6 is 23.3 Å². The van der Waals surface area contributed by atoms with Crippen molar-refractivity contribution in [2.45, 2.75) is 24.3 Å². The average Bonchev–Trinajstić information content (AvgIpc) is 3.21. The van der Waals surface area contributed by atoms with Crippen molar-refractivity contribution in [1.29, 1.82) is 0 Å². The molecule has 1 aromatic heterocycles. The average molecular weight is 451 g/mol. The molecule has 29 heavy (non-hydrogen) atoms. The molecule has 7 nitrogen and oxygen atoms in total. The Balaban J connectivity index is 1.47. The first kappa shape index (κ1) is 20.2. The van der Waals surface area contributed by atoms with Crippen molar-refractivity contribution in [3.8, 4) is 0 Å². The van der Waals surface area contributed by atoms with Crippen LogP contribution in [0.15, 0.2) is 47.4 Å². The molecule has 1 amide bonds. The second-order valence-electron chi connectivity index (χ2n) is 6.94. The number of piperidine rings is 1. The van der Waals surface area contributed by atoms with Gasteiger partial charge in [0.2, 0.25) is 15.9 Å². The van der Waals surface area contributed by atoms with E-state index in [4.69, 9.17) is 11.6 Å². The summed E-state index contributed by atoms with van der Waals surface area (Å²) in [6.45, 7) is 0.887. The van der Waals surface area contributed by atoms with Crippen LogP contribution in [0, 0.1) is 5.92 Å². The molecule has 1 aliphatic rings. The van der Waals surface area contributed by atoms with Crippen molar-refractivity contribution in [2.75, 3.05) is 13.1 Å². The molecule has 1 N–H and O–H groups in total. The number of aromatic nitrogens is 2. The van der Waals surface area contributed by atoms with Gasteiger partial charge in [-0.3, -0.25) is 4.79 Å². The van der Waals surface area contributed by atoms with Gasteiger partial charge in [-0.15, -0.1) is 0 Å². The summed E-state index contributed by atoms with van der Waals surface area (Å²) in [6, 6.07) is 12.2. The number of carbonyl (C=O) groups is 1. The molecule has 152 valence electrons. The molecule has 1 fully saturated rings. The third-order valence-corrected chi connectivity index (χ3v) is 7.65. The van der Waals surface area contributed by atoms with Gasteiger partial charge < -0.3 is 5.32 Å². The molecule has 1 atom stereocenters. The highest BCUT2D eigenvalue weighted by molar-refractivity contribution is 7.89. The van der Waals surface area contributed by atoms with Gasteiger partial charge in [0, 0.05) is 24.7 Å². The molecule has 10 heteroatoms. The predicted octanol–water partition coefficient (Wildman–Crippen LogP) is 3.06. The summed E-state index contributed by atoms with van der Waals surface area (Å²) >= 11 is 6.96. The zero-order valence-electron chi connectivity index (χ0n) is 15.4. The van der Waals surface area contributed by atoms with E-state index in [1.807, 2.05) is 12.1 Å². The standard InChI is InChI=1S/C19H19ClN4O3S2/c20-15-6-1-4-13(10-15)11-21-19(25)14-5-3-9-24(12-14)29(26,27)17-8-2-7-16-18(17)23-28-22-16/h1-2,4,6-8,10,14H,3,5,9,11-12H2,(H,21,25)/t14-/m1/s1. The lowest BCUT2D eigenvalue weighted by Crippen LogP contribution is -2.45. The normalized spacial score (nSPS) is 18.0. The van der Waals surface area contributed by atoms with E-state index in [0.717, 1.165) is 17.3 Å². The molecule has 0 aliphatic carbocycles. The van der Waals surface area contributed by atoms with Gasteiger partial charge in [-0.25, -0.2) is 8.42 Å². The van der Waals surface area contributed by atoms with Crippen LogP contribution in [0.1, 0.15) is 18.4 Å². The van der Waals surface area contributed by atoms with Gasteiger partial charge in [0.05, 0.1) is 17.6 Å². The SMILES string of the molecule is O=C(NCc1cccc(Cl)c1)[C@@H]1CCCN(S(=O)(=O)c2cccc3nsnc23)C1. The van der Waals surface area contributed by atoms with Gasteiger partial charge in [-0.2, -0.15) is 13.1 Å². The Hall–Kier alpha value is -2.07. The Bertz CT molecular complexity index is 1150. The summed E-state index contributed by atoms with van der Waals surface area (Å²) in [7, 11) is -3.76. The number of fused-ring (bicyclic) bond motifs is 1. The van der Waals surface area contributed by atoms with Gasteiger partial charge in [-0.1, -0.05) is 29.8 Å². The molecule has 0 unspecified atom stereocenters. The van der Waals surface area contributed by atoms with Gasteiger partial charge in [-0.05, 0) is 42.7 Å². The molecule has 1 aliphatic heterocycles. The Morgan fingerprint density at radius 1 is 1.24 bits per heavy atom. The van der Waals surface area contributed by atoms with Gasteiger partial charge >= 0.3 is 0 Å². The number of rotatable bonds is 5. The highest BCUT2D eigenvalue weighted by atomic mass is 35.5. The van der Waals surface area contributed by atoms with Crippen LogP contribution in [0.2, 0.25) is 5.02 Å². The maximum Gasteiger partial charge on any atom is 0.245 e. The summed E-state index contributed by atoms with van der Waals surface area (Å²) in [4.78, 5) is 12.8. The molecular formula is C19H19ClN4O3S2. The number of nitrogens with zero attached hydrogens (tertiary/aromatic N) is 3. The van der Waals surface area contributed by atoms with Crippen molar-refractivity contribution >= 4 is 50.3 Å². The summed E-state index contributed by atoms with van der Waals surface area (Å²) in [5.41, 5.74) is 1.84. The van der Waals surface area contributed by atoms with Crippen molar-refractivity contribution in [3.63, 3.8) is 0 Å². The van der Waals surface area contributed by atoms with Crippen molar-refractivity contribution in [1.82, 2.24) is 18.4 Å². The Morgan fingerprint density at radius 2 is 2.07 bits per heavy atom. The molecule has 0 bridgehead atoms. The quantitative estimate of drug-likeness (QED) is 0.644. The number of carbonyl (C=O) groups excluding carboxylic acids is 1. The summed E-state index contributed by atoms with van der Waals surface area (Å²) < 4.78 is 36.0. The minimum atomic E-state index is -3.76. The molecule has 0 radical (unpaired) electrons. The third kappa shape index (κ3) is 4.28.